The molecule has 0 aliphatic heterocycles. The van der Waals surface area contributed by atoms with Crippen molar-refractivity contribution in [1.82, 2.24) is 0 Å². The lowest BCUT2D eigenvalue weighted by atomic mass is 9.62. The molecular formula is C45H60N2. The van der Waals surface area contributed by atoms with Gasteiger partial charge in [-0.3, -0.25) is 0 Å². The first-order chi connectivity index (χ1) is 22.8. The van der Waals surface area contributed by atoms with E-state index in [4.69, 9.17) is 11.5 Å². The van der Waals surface area contributed by atoms with E-state index >= 15 is 0 Å². The van der Waals surface area contributed by atoms with E-state index in [1.54, 1.807) is 0 Å². The predicted octanol–water partition coefficient (Wildman–Crippen LogP) is 12.4. The molecule has 1 aliphatic carbocycles. The van der Waals surface area contributed by atoms with Crippen LogP contribution in [0.1, 0.15) is 154 Å². The Kier molecular flexibility index (Phi) is 11.9. The van der Waals surface area contributed by atoms with Gasteiger partial charge in [-0.15, -0.1) is 0 Å². The number of hydrogen-bond acceptors (Lipinski definition) is 2. The number of benzene rings is 4. The van der Waals surface area contributed by atoms with Crippen molar-refractivity contribution in [3.63, 3.8) is 0 Å². The number of aryl methyl sites for hydroxylation is 2. The van der Waals surface area contributed by atoms with Gasteiger partial charge in [0.05, 0.1) is 0 Å². The van der Waals surface area contributed by atoms with E-state index in [1.807, 2.05) is 0 Å². The molecular weight excluding hydrogens is 569 g/mol. The molecule has 5 rings (SSSR count). The van der Waals surface area contributed by atoms with E-state index in [1.165, 1.54) is 122 Å². The number of rotatable bonds is 14. The lowest BCUT2D eigenvalue weighted by molar-refractivity contribution is 0.253. The first-order valence-corrected chi connectivity index (χ1v) is 18.7. The van der Waals surface area contributed by atoms with Crippen molar-refractivity contribution in [2.75, 3.05) is 11.5 Å². The Morgan fingerprint density at radius 3 is 1.38 bits per heavy atom. The molecule has 2 nitrogen and oxygen atoms in total. The fourth-order valence-corrected chi connectivity index (χ4v) is 8.68. The van der Waals surface area contributed by atoms with Gasteiger partial charge in [0.1, 0.15) is 0 Å². The van der Waals surface area contributed by atoms with Crippen molar-refractivity contribution in [2.24, 2.45) is 5.92 Å². The molecule has 4 aromatic carbocycles. The van der Waals surface area contributed by atoms with Crippen LogP contribution < -0.4 is 11.5 Å². The van der Waals surface area contributed by atoms with E-state index in [0.717, 1.165) is 17.3 Å². The average molecular weight is 629 g/mol. The van der Waals surface area contributed by atoms with E-state index < -0.39 is 0 Å². The Hall–Kier alpha value is -3.52. The van der Waals surface area contributed by atoms with Gasteiger partial charge in [0.2, 0.25) is 0 Å². The molecule has 1 fully saturated rings. The van der Waals surface area contributed by atoms with Crippen LogP contribution in [0.2, 0.25) is 0 Å². The monoisotopic (exact) mass is 628 g/mol. The molecule has 0 heterocycles. The molecule has 4 N–H and O–H groups in total. The van der Waals surface area contributed by atoms with Crippen LogP contribution in [0.25, 0.3) is 0 Å². The van der Waals surface area contributed by atoms with Gasteiger partial charge in [-0.25, -0.2) is 0 Å². The van der Waals surface area contributed by atoms with E-state index in [-0.39, 0.29) is 5.41 Å². The van der Waals surface area contributed by atoms with Crippen molar-refractivity contribution in [1.29, 1.82) is 0 Å². The lowest BCUT2D eigenvalue weighted by Crippen LogP contribution is -2.33. The summed E-state index contributed by atoms with van der Waals surface area (Å²) in [6.07, 6.45) is 14.9. The second kappa shape index (κ2) is 16.1. The second-order valence-electron chi connectivity index (χ2n) is 14.7. The van der Waals surface area contributed by atoms with Crippen molar-refractivity contribution < 1.29 is 0 Å². The summed E-state index contributed by atoms with van der Waals surface area (Å²) in [4.78, 5) is 0. The SMILES string of the molecule is CCCCC(c1ccc(C2(c3ccc(C(CCCC)c4ccc(N)cc4C)cc3)CCC(CCC)CC2)cc1)c1ccc(N)cc1C. The van der Waals surface area contributed by atoms with E-state index in [9.17, 15) is 0 Å². The molecule has 0 saturated heterocycles. The van der Waals surface area contributed by atoms with Gasteiger partial charge in [-0.1, -0.05) is 120 Å². The number of hydrogen-bond donors (Lipinski definition) is 2. The number of unbranched alkanes of at least 4 members (excludes halogenated alkanes) is 2. The Balaban J connectivity index is 1.50. The molecule has 0 bridgehead atoms. The summed E-state index contributed by atoms with van der Waals surface area (Å²) < 4.78 is 0. The Morgan fingerprint density at radius 1 is 0.596 bits per heavy atom. The molecule has 0 amide bonds. The molecule has 250 valence electrons. The smallest absolute Gasteiger partial charge is 0.0316 e. The van der Waals surface area contributed by atoms with E-state index in [2.05, 4.69) is 120 Å². The zero-order valence-electron chi connectivity index (χ0n) is 30.0. The molecule has 0 aromatic heterocycles. The van der Waals surface area contributed by atoms with Crippen LogP contribution in [0, 0.1) is 19.8 Å². The quantitative estimate of drug-likeness (QED) is 0.137. The third kappa shape index (κ3) is 7.97. The first-order valence-electron chi connectivity index (χ1n) is 18.7. The van der Waals surface area contributed by atoms with Crippen LogP contribution in [-0.4, -0.2) is 0 Å². The van der Waals surface area contributed by atoms with Crippen molar-refractivity contribution in [2.45, 2.75) is 129 Å². The summed E-state index contributed by atoms with van der Waals surface area (Å²) in [6, 6.07) is 32.7. The van der Waals surface area contributed by atoms with Gasteiger partial charge in [0, 0.05) is 28.6 Å². The summed E-state index contributed by atoms with van der Waals surface area (Å²) in [5.41, 5.74) is 25.3. The minimum atomic E-state index is 0.0629. The summed E-state index contributed by atoms with van der Waals surface area (Å²) >= 11 is 0. The minimum absolute atomic E-state index is 0.0629. The van der Waals surface area contributed by atoms with Crippen molar-refractivity contribution >= 4 is 11.4 Å². The molecule has 2 heteroatoms. The third-order valence-electron chi connectivity index (χ3n) is 11.4. The standard InChI is InChI=1S/C45H60N2/c1-6-9-12-43(41-24-22-39(46)30-32(41)4)35-14-18-37(19-15-35)45(28-26-34(11-8-3)27-29-45)38-20-16-36(17-21-38)44(13-10-7-2)42-25-23-40(47)31-33(42)5/h14-25,30-31,34,43-44H,6-13,26-29,46-47H2,1-5H3. The highest BCUT2D eigenvalue weighted by atomic mass is 14.5. The van der Waals surface area contributed by atoms with Crippen LogP contribution in [0.3, 0.4) is 0 Å². The highest BCUT2D eigenvalue weighted by Gasteiger charge is 2.38. The predicted molar refractivity (Wildman–Crippen MR) is 204 cm³/mol. The van der Waals surface area contributed by atoms with Gasteiger partial charge in [0.25, 0.3) is 0 Å². The summed E-state index contributed by atoms with van der Waals surface area (Å²) in [7, 11) is 0. The van der Waals surface area contributed by atoms with Gasteiger partial charge >= 0.3 is 0 Å². The van der Waals surface area contributed by atoms with Crippen molar-refractivity contribution in [3.8, 4) is 0 Å². The fraction of sp³-hybridized carbons (Fsp3) is 0.467. The van der Waals surface area contributed by atoms with Crippen LogP contribution in [0.15, 0.2) is 84.9 Å². The first kappa shape index (κ1) is 34.8. The Morgan fingerprint density at radius 2 is 1.02 bits per heavy atom. The lowest BCUT2D eigenvalue weighted by Gasteiger charge is -2.42. The zero-order valence-corrected chi connectivity index (χ0v) is 30.0. The van der Waals surface area contributed by atoms with E-state index in [0.29, 0.717) is 11.8 Å². The Bertz CT molecular complexity index is 1450. The van der Waals surface area contributed by atoms with Gasteiger partial charge < -0.3 is 11.5 Å². The number of nitrogen functional groups attached to an aromatic ring is 2. The molecule has 0 radical (unpaired) electrons. The van der Waals surface area contributed by atoms with Crippen LogP contribution in [0.5, 0.6) is 0 Å². The average Bonchev–Trinajstić information content (AvgIpc) is 3.08. The minimum Gasteiger partial charge on any atom is -0.399 e. The molecule has 4 aromatic rings. The topological polar surface area (TPSA) is 52.0 Å². The summed E-state index contributed by atoms with van der Waals surface area (Å²) in [5.74, 6) is 1.65. The molecule has 2 unspecified atom stereocenters. The zero-order chi connectivity index (χ0) is 33.4. The van der Waals surface area contributed by atoms with Crippen LogP contribution in [-0.2, 0) is 5.41 Å². The maximum absolute atomic E-state index is 6.15. The van der Waals surface area contributed by atoms with Crippen LogP contribution in [0.4, 0.5) is 11.4 Å². The molecule has 1 aliphatic rings. The normalized spacial score (nSPS) is 19.4. The second-order valence-corrected chi connectivity index (χ2v) is 14.7. The highest BCUT2D eigenvalue weighted by Crippen LogP contribution is 2.48. The number of nitrogens with two attached hydrogens (primary N) is 2. The van der Waals surface area contributed by atoms with Crippen LogP contribution >= 0.6 is 0 Å². The molecule has 1 saturated carbocycles. The largest absolute Gasteiger partial charge is 0.399 e. The summed E-state index contributed by atoms with van der Waals surface area (Å²) in [5, 5.41) is 0. The number of anilines is 2. The fourth-order valence-electron chi connectivity index (χ4n) is 8.68. The van der Waals surface area contributed by atoms with Gasteiger partial charge in [-0.2, -0.15) is 0 Å². The molecule has 2 atom stereocenters. The van der Waals surface area contributed by atoms with Gasteiger partial charge in [-0.05, 0) is 127 Å². The molecule has 47 heavy (non-hydrogen) atoms. The Labute approximate surface area is 286 Å². The van der Waals surface area contributed by atoms with Gasteiger partial charge in [0.15, 0.2) is 0 Å². The summed E-state index contributed by atoms with van der Waals surface area (Å²) in [6.45, 7) is 11.4. The highest BCUT2D eigenvalue weighted by molar-refractivity contribution is 5.51. The maximum Gasteiger partial charge on any atom is 0.0316 e. The third-order valence-corrected chi connectivity index (χ3v) is 11.4. The molecule has 0 spiro atoms. The maximum atomic E-state index is 6.15. The van der Waals surface area contributed by atoms with Crippen molar-refractivity contribution in [3.05, 3.63) is 129 Å².